The van der Waals surface area contributed by atoms with Crippen LogP contribution in [0.2, 0.25) is 0 Å². The zero-order chi connectivity index (χ0) is 20.5. The van der Waals surface area contributed by atoms with E-state index in [-0.39, 0.29) is 28.6 Å². The molecular weight excluding hydrogens is 340 g/mol. The number of carbonyl (C=O) groups is 1. The monoisotopic (exact) mass is 370 g/mol. The maximum Gasteiger partial charge on any atom is 0.341 e. The summed E-state index contributed by atoms with van der Waals surface area (Å²) in [7, 11) is 0. The minimum Gasteiger partial charge on any atom is -0.508 e. The molecule has 2 rings (SSSR count). The van der Waals surface area contributed by atoms with Gasteiger partial charge in [-0.05, 0) is 46.2 Å². The van der Waals surface area contributed by atoms with Gasteiger partial charge in [-0.1, -0.05) is 65.8 Å². The van der Waals surface area contributed by atoms with Crippen LogP contribution < -0.4 is 4.74 Å². The number of ether oxygens (including phenoxy) is 1. The van der Waals surface area contributed by atoms with Crippen LogP contribution in [0.3, 0.4) is 0 Å². The van der Waals surface area contributed by atoms with Gasteiger partial charge in [-0.3, -0.25) is 0 Å². The smallest absolute Gasteiger partial charge is 0.341 e. The number of carboxylic acid groups (broad SMARTS) is 1. The van der Waals surface area contributed by atoms with Crippen molar-refractivity contribution in [2.24, 2.45) is 10.8 Å². The molecule has 27 heavy (non-hydrogen) atoms. The zero-order valence-corrected chi connectivity index (χ0v) is 17.0. The summed E-state index contributed by atoms with van der Waals surface area (Å²) < 4.78 is 5.30. The molecule has 146 valence electrons. The number of hydrogen-bond acceptors (Lipinski definition) is 3. The summed E-state index contributed by atoms with van der Waals surface area (Å²) in [6.07, 6.45) is 0. The molecule has 0 fully saturated rings. The van der Waals surface area contributed by atoms with Crippen molar-refractivity contribution >= 4 is 5.97 Å². The van der Waals surface area contributed by atoms with E-state index >= 15 is 0 Å². The van der Waals surface area contributed by atoms with Gasteiger partial charge in [0.2, 0.25) is 0 Å². The highest BCUT2D eigenvalue weighted by molar-refractivity contribution is 5.68. The predicted molar refractivity (Wildman–Crippen MR) is 107 cm³/mol. The predicted octanol–water partition coefficient (Wildman–Crippen LogP) is 5.23. The van der Waals surface area contributed by atoms with Gasteiger partial charge in [0.05, 0.1) is 0 Å². The van der Waals surface area contributed by atoms with Crippen molar-refractivity contribution in [1.82, 2.24) is 0 Å². The lowest BCUT2D eigenvalue weighted by Crippen LogP contribution is -2.51. The van der Waals surface area contributed by atoms with E-state index in [0.29, 0.717) is 5.75 Å². The first-order valence-corrected chi connectivity index (χ1v) is 9.14. The summed E-state index contributed by atoms with van der Waals surface area (Å²) in [5.41, 5.74) is 1.63. The van der Waals surface area contributed by atoms with Crippen LogP contribution in [0.15, 0.2) is 48.5 Å². The van der Waals surface area contributed by atoms with Crippen LogP contribution in [-0.4, -0.2) is 22.8 Å². The number of carboxylic acids is 1. The van der Waals surface area contributed by atoms with Crippen LogP contribution in [0.4, 0.5) is 0 Å². The minimum atomic E-state index is -0.998. The maximum absolute atomic E-state index is 10.7. The SMILES string of the molecule is CC(C)(C)C(c1ccc(O)cc1)(c1ccc(OCC(=O)O)cc1)C(C)(C)C. The third-order valence-corrected chi connectivity index (χ3v) is 5.20. The molecule has 0 heterocycles. The fourth-order valence-corrected chi connectivity index (χ4v) is 4.68. The normalized spacial score (nSPS) is 12.7. The molecule has 2 aromatic carbocycles. The van der Waals surface area contributed by atoms with E-state index in [0.717, 1.165) is 11.1 Å². The molecular formula is C23H30O4. The number of hydrogen-bond donors (Lipinski definition) is 2. The van der Waals surface area contributed by atoms with Gasteiger partial charge in [-0.25, -0.2) is 4.79 Å². The van der Waals surface area contributed by atoms with Gasteiger partial charge in [0.25, 0.3) is 0 Å². The van der Waals surface area contributed by atoms with Gasteiger partial charge < -0.3 is 14.9 Å². The highest BCUT2D eigenvalue weighted by Crippen LogP contribution is 2.57. The van der Waals surface area contributed by atoms with Gasteiger partial charge in [-0.2, -0.15) is 0 Å². The van der Waals surface area contributed by atoms with E-state index in [1.54, 1.807) is 12.1 Å². The van der Waals surface area contributed by atoms with E-state index in [1.165, 1.54) is 0 Å². The van der Waals surface area contributed by atoms with E-state index in [9.17, 15) is 9.90 Å². The average molecular weight is 370 g/mol. The second-order valence-electron chi connectivity index (χ2n) is 9.00. The van der Waals surface area contributed by atoms with Gasteiger partial charge >= 0.3 is 5.97 Å². The summed E-state index contributed by atoms with van der Waals surface area (Å²) in [6, 6.07) is 15.1. The Bertz CT molecular complexity index is 761. The van der Waals surface area contributed by atoms with Crippen molar-refractivity contribution in [1.29, 1.82) is 0 Å². The zero-order valence-electron chi connectivity index (χ0n) is 17.0. The first-order chi connectivity index (χ1) is 12.4. The Morgan fingerprint density at radius 2 is 1.22 bits per heavy atom. The minimum absolute atomic E-state index is 0.133. The van der Waals surface area contributed by atoms with E-state index in [2.05, 4.69) is 41.5 Å². The average Bonchev–Trinajstić information content (AvgIpc) is 2.54. The quantitative estimate of drug-likeness (QED) is 0.756. The van der Waals surface area contributed by atoms with Crippen molar-refractivity contribution in [2.75, 3.05) is 6.61 Å². The summed E-state index contributed by atoms with van der Waals surface area (Å²) in [4.78, 5) is 10.7. The molecule has 0 aliphatic heterocycles. The molecule has 0 radical (unpaired) electrons. The molecule has 0 saturated carbocycles. The van der Waals surface area contributed by atoms with Gasteiger partial charge in [-0.15, -0.1) is 0 Å². The molecule has 0 atom stereocenters. The number of phenolic OH excluding ortho intramolecular Hbond substituents is 1. The molecule has 0 aliphatic rings. The number of benzene rings is 2. The van der Waals surface area contributed by atoms with Crippen LogP contribution in [0.1, 0.15) is 52.7 Å². The van der Waals surface area contributed by atoms with Gasteiger partial charge in [0.15, 0.2) is 6.61 Å². The molecule has 4 nitrogen and oxygen atoms in total. The Balaban J connectivity index is 2.65. The number of aromatic hydroxyl groups is 1. The first-order valence-electron chi connectivity index (χ1n) is 9.14. The van der Waals surface area contributed by atoms with E-state index in [1.807, 2.05) is 36.4 Å². The highest BCUT2D eigenvalue weighted by atomic mass is 16.5. The second-order valence-corrected chi connectivity index (χ2v) is 9.00. The van der Waals surface area contributed by atoms with Crippen LogP contribution in [0.5, 0.6) is 11.5 Å². The molecule has 0 unspecified atom stereocenters. The summed E-state index contributed by atoms with van der Waals surface area (Å²) in [5.74, 6) is -0.224. The largest absolute Gasteiger partial charge is 0.508 e. The van der Waals surface area contributed by atoms with Crippen LogP contribution >= 0.6 is 0 Å². The fraction of sp³-hybridized carbons (Fsp3) is 0.435. The Labute approximate surface area is 161 Å². The Hall–Kier alpha value is -2.49. The van der Waals surface area contributed by atoms with E-state index < -0.39 is 5.97 Å². The van der Waals surface area contributed by atoms with Crippen LogP contribution in [0, 0.1) is 10.8 Å². The second kappa shape index (κ2) is 7.26. The number of rotatable bonds is 5. The third kappa shape index (κ3) is 3.95. The van der Waals surface area contributed by atoms with Gasteiger partial charge in [0.1, 0.15) is 11.5 Å². The molecule has 0 bridgehead atoms. The lowest BCUT2D eigenvalue weighted by molar-refractivity contribution is -0.139. The first kappa shape index (κ1) is 20.8. The van der Waals surface area contributed by atoms with Crippen molar-refractivity contribution in [3.63, 3.8) is 0 Å². The Morgan fingerprint density at radius 3 is 1.59 bits per heavy atom. The van der Waals surface area contributed by atoms with E-state index in [4.69, 9.17) is 9.84 Å². The molecule has 0 aromatic heterocycles. The molecule has 2 N–H and O–H groups in total. The third-order valence-electron chi connectivity index (χ3n) is 5.20. The van der Waals surface area contributed by atoms with Crippen molar-refractivity contribution < 1.29 is 19.7 Å². The fourth-order valence-electron chi connectivity index (χ4n) is 4.68. The summed E-state index contributed by atoms with van der Waals surface area (Å²) >= 11 is 0. The lowest BCUT2D eigenvalue weighted by Gasteiger charge is -2.55. The Morgan fingerprint density at radius 1 is 0.815 bits per heavy atom. The van der Waals surface area contributed by atoms with Crippen LogP contribution in [-0.2, 0) is 10.2 Å². The molecule has 0 aliphatic carbocycles. The Kier molecular flexibility index (Phi) is 5.60. The molecule has 0 spiro atoms. The van der Waals surface area contributed by atoms with Gasteiger partial charge in [0, 0.05) is 5.41 Å². The number of aliphatic carboxylic acids is 1. The number of phenols is 1. The lowest BCUT2D eigenvalue weighted by atomic mass is 9.48. The summed E-state index contributed by atoms with van der Waals surface area (Å²) in [5, 5.41) is 18.6. The molecule has 4 heteroatoms. The van der Waals surface area contributed by atoms with Crippen molar-refractivity contribution in [3.8, 4) is 11.5 Å². The molecule has 0 saturated heterocycles. The topological polar surface area (TPSA) is 66.8 Å². The van der Waals surface area contributed by atoms with Crippen molar-refractivity contribution in [2.45, 2.75) is 47.0 Å². The maximum atomic E-state index is 10.7. The highest BCUT2D eigenvalue weighted by Gasteiger charge is 2.52. The standard InChI is InChI=1S/C23H30O4/c1-21(2,3)23(22(4,5)6,16-7-11-18(24)12-8-16)17-9-13-19(14-10-17)27-15-20(25)26/h7-14,24H,15H2,1-6H3,(H,25,26). The summed E-state index contributed by atoms with van der Waals surface area (Å²) in [6.45, 7) is 13.0. The van der Waals surface area contributed by atoms with Crippen molar-refractivity contribution in [3.05, 3.63) is 59.7 Å². The van der Waals surface area contributed by atoms with Crippen LogP contribution in [0.25, 0.3) is 0 Å². The molecule has 2 aromatic rings. The molecule has 0 amide bonds.